The largest absolute Gasteiger partial charge is 0.465 e. The van der Waals surface area contributed by atoms with Crippen LogP contribution in [0, 0.1) is 6.92 Å². The number of hydrogen-bond donors (Lipinski definition) is 1. The van der Waals surface area contributed by atoms with Crippen molar-refractivity contribution in [2.75, 3.05) is 0 Å². The second-order valence-corrected chi connectivity index (χ2v) is 6.69. The van der Waals surface area contributed by atoms with E-state index in [0.29, 0.717) is 6.04 Å². The van der Waals surface area contributed by atoms with E-state index in [0.717, 1.165) is 11.5 Å². The average molecular weight is 314 g/mol. The summed E-state index contributed by atoms with van der Waals surface area (Å²) in [5.74, 6) is 1.95. The Bertz CT molecular complexity index is 447. The zero-order valence-electron chi connectivity index (χ0n) is 10.2. The number of hydrogen-bond acceptors (Lipinski definition) is 3. The van der Waals surface area contributed by atoms with Gasteiger partial charge in [0.1, 0.15) is 11.5 Å². The molecule has 0 aliphatic heterocycles. The van der Waals surface area contributed by atoms with E-state index in [1.165, 1.54) is 8.66 Å². The Morgan fingerprint density at radius 3 is 2.47 bits per heavy atom. The first-order valence-corrected chi connectivity index (χ1v) is 7.25. The number of rotatable bonds is 4. The number of thiophene rings is 1. The minimum atomic E-state index is 0.222. The third kappa shape index (κ3) is 3.21. The lowest BCUT2D eigenvalue weighted by atomic mass is 10.2. The van der Waals surface area contributed by atoms with E-state index in [4.69, 9.17) is 4.42 Å². The normalized spacial score (nSPS) is 14.8. The standard InChI is InChI=1S/C13H16BrNOS/c1-8-4-5-11(16-8)9(2)15-10(3)12-6-7-13(14)17-12/h4-7,9-10,15H,1-3H3. The molecule has 1 N–H and O–H groups in total. The summed E-state index contributed by atoms with van der Waals surface area (Å²) in [5, 5.41) is 3.53. The van der Waals surface area contributed by atoms with E-state index >= 15 is 0 Å². The van der Waals surface area contributed by atoms with Gasteiger partial charge in [0.05, 0.1) is 9.83 Å². The van der Waals surface area contributed by atoms with Crippen molar-refractivity contribution in [3.05, 3.63) is 44.4 Å². The van der Waals surface area contributed by atoms with Crippen molar-refractivity contribution in [1.29, 1.82) is 0 Å². The Kier molecular flexibility index (Phi) is 4.07. The van der Waals surface area contributed by atoms with Crippen LogP contribution >= 0.6 is 27.3 Å². The lowest BCUT2D eigenvalue weighted by Gasteiger charge is -2.17. The number of nitrogens with one attached hydrogen (secondary N) is 1. The van der Waals surface area contributed by atoms with Crippen LogP contribution in [0.2, 0.25) is 0 Å². The van der Waals surface area contributed by atoms with E-state index < -0.39 is 0 Å². The van der Waals surface area contributed by atoms with Gasteiger partial charge in [-0.05, 0) is 61.0 Å². The highest BCUT2D eigenvalue weighted by atomic mass is 79.9. The van der Waals surface area contributed by atoms with Crippen molar-refractivity contribution in [3.8, 4) is 0 Å². The summed E-state index contributed by atoms with van der Waals surface area (Å²) in [5.41, 5.74) is 0. The highest BCUT2D eigenvalue weighted by Crippen LogP contribution is 2.29. The molecule has 0 aliphatic rings. The van der Waals surface area contributed by atoms with Gasteiger partial charge in [0.15, 0.2) is 0 Å². The molecule has 2 nitrogen and oxygen atoms in total. The Morgan fingerprint density at radius 2 is 1.94 bits per heavy atom. The number of furan rings is 1. The summed E-state index contributed by atoms with van der Waals surface area (Å²) in [4.78, 5) is 1.33. The quantitative estimate of drug-likeness (QED) is 0.875. The highest BCUT2D eigenvalue weighted by Gasteiger charge is 2.14. The molecule has 2 atom stereocenters. The third-order valence-corrected chi connectivity index (χ3v) is 4.52. The van der Waals surface area contributed by atoms with Gasteiger partial charge < -0.3 is 9.73 Å². The van der Waals surface area contributed by atoms with E-state index in [9.17, 15) is 0 Å². The molecule has 92 valence electrons. The fourth-order valence-corrected chi connectivity index (χ4v) is 3.22. The highest BCUT2D eigenvalue weighted by molar-refractivity contribution is 9.11. The second kappa shape index (κ2) is 5.38. The Labute approximate surface area is 114 Å². The molecule has 0 fully saturated rings. The zero-order chi connectivity index (χ0) is 12.4. The minimum absolute atomic E-state index is 0.222. The molecule has 4 heteroatoms. The monoisotopic (exact) mass is 313 g/mol. The predicted octanol–water partition coefficient (Wildman–Crippen LogP) is 4.82. The SMILES string of the molecule is Cc1ccc(C(C)NC(C)c2ccc(Br)s2)o1. The van der Waals surface area contributed by atoms with Gasteiger partial charge in [-0.15, -0.1) is 11.3 Å². The molecule has 0 saturated heterocycles. The maximum absolute atomic E-state index is 5.62. The summed E-state index contributed by atoms with van der Waals surface area (Å²) in [6, 6.07) is 8.81. The van der Waals surface area contributed by atoms with Gasteiger partial charge in [0.2, 0.25) is 0 Å². The molecule has 17 heavy (non-hydrogen) atoms. The van der Waals surface area contributed by atoms with E-state index in [-0.39, 0.29) is 6.04 Å². The minimum Gasteiger partial charge on any atom is -0.465 e. The van der Waals surface area contributed by atoms with Gasteiger partial charge in [0.25, 0.3) is 0 Å². The summed E-state index contributed by atoms with van der Waals surface area (Å²) < 4.78 is 6.79. The molecule has 2 rings (SSSR count). The molecular weight excluding hydrogens is 298 g/mol. The molecule has 0 aliphatic carbocycles. The van der Waals surface area contributed by atoms with Crippen molar-refractivity contribution >= 4 is 27.3 Å². The van der Waals surface area contributed by atoms with Gasteiger partial charge >= 0.3 is 0 Å². The number of halogens is 1. The first-order chi connectivity index (χ1) is 8.06. The van der Waals surface area contributed by atoms with Gasteiger partial charge in [-0.1, -0.05) is 0 Å². The van der Waals surface area contributed by atoms with Crippen LogP contribution in [0.4, 0.5) is 0 Å². The lowest BCUT2D eigenvalue weighted by Crippen LogP contribution is -2.21. The molecule has 0 saturated carbocycles. The second-order valence-electron chi connectivity index (χ2n) is 4.20. The van der Waals surface area contributed by atoms with Crippen LogP contribution in [0.5, 0.6) is 0 Å². The van der Waals surface area contributed by atoms with Crippen molar-refractivity contribution in [2.45, 2.75) is 32.9 Å². The van der Waals surface area contributed by atoms with Crippen molar-refractivity contribution in [3.63, 3.8) is 0 Å². The van der Waals surface area contributed by atoms with Crippen molar-refractivity contribution in [1.82, 2.24) is 5.32 Å². The molecule has 2 aromatic heterocycles. The molecule has 0 aromatic carbocycles. The summed E-state index contributed by atoms with van der Waals surface area (Å²) in [6.07, 6.45) is 0. The van der Waals surface area contributed by atoms with Crippen LogP contribution < -0.4 is 5.32 Å². The molecule has 2 aromatic rings. The lowest BCUT2D eigenvalue weighted by molar-refractivity contribution is 0.394. The fourth-order valence-electron chi connectivity index (χ4n) is 1.79. The van der Waals surface area contributed by atoms with E-state index in [1.807, 2.05) is 19.1 Å². The summed E-state index contributed by atoms with van der Waals surface area (Å²) in [6.45, 7) is 6.26. The fraction of sp³-hybridized carbons (Fsp3) is 0.385. The first kappa shape index (κ1) is 12.9. The van der Waals surface area contributed by atoms with Gasteiger partial charge in [0, 0.05) is 10.9 Å². The average Bonchev–Trinajstić information content (AvgIpc) is 2.87. The van der Waals surface area contributed by atoms with Crippen LogP contribution in [-0.2, 0) is 0 Å². The number of aryl methyl sites for hydroxylation is 1. The Morgan fingerprint density at radius 1 is 1.18 bits per heavy atom. The molecular formula is C13H16BrNOS. The van der Waals surface area contributed by atoms with Crippen LogP contribution in [0.3, 0.4) is 0 Å². The predicted molar refractivity (Wildman–Crippen MR) is 75.4 cm³/mol. The molecule has 2 heterocycles. The molecule has 0 bridgehead atoms. The maximum atomic E-state index is 5.62. The maximum Gasteiger partial charge on any atom is 0.120 e. The first-order valence-electron chi connectivity index (χ1n) is 5.64. The van der Waals surface area contributed by atoms with Gasteiger partial charge in [-0.2, -0.15) is 0 Å². The summed E-state index contributed by atoms with van der Waals surface area (Å²) in [7, 11) is 0. The topological polar surface area (TPSA) is 25.2 Å². The van der Waals surface area contributed by atoms with E-state index in [1.54, 1.807) is 11.3 Å². The molecule has 0 spiro atoms. The summed E-state index contributed by atoms with van der Waals surface area (Å²) >= 11 is 5.25. The van der Waals surface area contributed by atoms with Crippen molar-refractivity contribution < 1.29 is 4.42 Å². The van der Waals surface area contributed by atoms with Crippen molar-refractivity contribution in [2.24, 2.45) is 0 Å². The van der Waals surface area contributed by atoms with Crippen LogP contribution in [0.1, 0.15) is 42.3 Å². The molecule has 0 radical (unpaired) electrons. The van der Waals surface area contributed by atoms with Crippen LogP contribution in [-0.4, -0.2) is 0 Å². The third-order valence-electron chi connectivity index (χ3n) is 2.71. The van der Waals surface area contributed by atoms with E-state index in [2.05, 4.69) is 47.2 Å². The molecule has 0 amide bonds. The van der Waals surface area contributed by atoms with Crippen LogP contribution in [0.25, 0.3) is 0 Å². The Balaban J connectivity index is 2.01. The van der Waals surface area contributed by atoms with Crippen LogP contribution in [0.15, 0.2) is 32.5 Å². The Hall–Kier alpha value is -0.580. The smallest absolute Gasteiger partial charge is 0.120 e. The zero-order valence-corrected chi connectivity index (χ0v) is 12.6. The van der Waals surface area contributed by atoms with Gasteiger partial charge in [-0.3, -0.25) is 0 Å². The molecule has 2 unspecified atom stereocenters. The van der Waals surface area contributed by atoms with Gasteiger partial charge in [-0.25, -0.2) is 0 Å².